The molecule has 1 unspecified atom stereocenters. The summed E-state index contributed by atoms with van der Waals surface area (Å²) in [6.07, 6.45) is 17.1. The van der Waals surface area contributed by atoms with Crippen molar-refractivity contribution in [1.29, 1.82) is 0 Å². The van der Waals surface area contributed by atoms with E-state index < -0.39 is 0 Å². The molecule has 0 radical (unpaired) electrons. The number of nitrogens with zero attached hydrogens (tertiary/aromatic N) is 1. The number of rotatable bonds is 16. The van der Waals surface area contributed by atoms with Gasteiger partial charge in [0, 0.05) is 12.5 Å². The van der Waals surface area contributed by atoms with Gasteiger partial charge in [-0.05, 0) is 12.5 Å². The summed E-state index contributed by atoms with van der Waals surface area (Å²) in [6.45, 7) is 6.92. The molecule has 0 saturated carbocycles. The van der Waals surface area contributed by atoms with E-state index in [9.17, 15) is 4.79 Å². The number of hydrogen-bond donors (Lipinski definition) is 1. The van der Waals surface area contributed by atoms with Gasteiger partial charge >= 0.3 is 0 Å². The number of amides is 1. The molecule has 0 aliphatic rings. The standard InChI is InChI=1S/C21H42N2O.ClH/c1-6-8-9-10-11-12-13-14-15-16-17-20(22-21(24)7-2)18-19-23(3,4)5;/h7,20H,2,6,8-19H2,1,3-5H3;1H. The van der Waals surface area contributed by atoms with Crippen molar-refractivity contribution in [3.8, 4) is 0 Å². The maximum absolute atomic E-state index is 11.6. The van der Waals surface area contributed by atoms with Crippen LogP contribution in [0.25, 0.3) is 0 Å². The quantitative estimate of drug-likeness (QED) is 0.250. The lowest BCUT2D eigenvalue weighted by Crippen LogP contribution is -3.00. The van der Waals surface area contributed by atoms with Gasteiger partial charge in [-0.1, -0.05) is 77.7 Å². The van der Waals surface area contributed by atoms with Crippen molar-refractivity contribution in [2.75, 3.05) is 27.7 Å². The number of halogens is 1. The predicted molar refractivity (Wildman–Crippen MR) is 106 cm³/mol. The van der Waals surface area contributed by atoms with Crippen molar-refractivity contribution < 1.29 is 21.7 Å². The highest BCUT2D eigenvalue weighted by atomic mass is 35.5. The maximum atomic E-state index is 11.6. The van der Waals surface area contributed by atoms with Gasteiger partial charge in [-0.15, -0.1) is 0 Å². The van der Waals surface area contributed by atoms with E-state index in [0.717, 1.165) is 23.9 Å². The fourth-order valence-electron chi connectivity index (χ4n) is 2.97. The zero-order valence-corrected chi connectivity index (χ0v) is 18.0. The van der Waals surface area contributed by atoms with Crippen molar-refractivity contribution in [2.24, 2.45) is 0 Å². The zero-order valence-electron chi connectivity index (χ0n) is 17.3. The molecule has 0 aromatic rings. The minimum absolute atomic E-state index is 0. The summed E-state index contributed by atoms with van der Waals surface area (Å²) in [5.74, 6) is -0.0338. The van der Waals surface area contributed by atoms with Crippen LogP contribution in [0.2, 0.25) is 0 Å². The second kappa shape index (κ2) is 16.9. The lowest BCUT2D eigenvalue weighted by atomic mass is 10.0. The van der Waals surface area contributed by atoms with Crippen LogP contribution in [0.15, 0.2) is 12.7 Å². The third kappa shape index (κ3) is 19.6. The van der Waals surface area contributed by atoms with Crippen molar-refractivity contribution in [2.45, 2.75) is 90.0 Å². The van der Waals surface area contributed by atoms with Gasteiger partial charge in [-0.2, -0.15) is 0 Å². The Kier molecular flexibility index (Phi) is 18.0. The van der Waals surface area contributed by atoms with Crippen molar-refractivity contribution in [3.63, 3.8) is 0 Å². The molecular formula is C21H43ClN2O. The Morgan fingerprint density at radius 2 is 1.40 bits per heavy atom. The Labute approximate surface area is 163 Å². The molecule has 25 heavy (non-hydrogen) atoms. The summed E-state index contributed by atoms with van der Waals surface area (Å²) in [5.41, 5.74) is 0. The summed E-state index contributed by atoms with van der Waals surface area (Å²) in [7, 11) is 6.60. The Morgan fingerprint density at radius 1 is 0.920 bits per heavy atom. The van der Waals surface area contributed by atoms with Gasteiger partial charge in [0.25, 0.3) is 0 Å². The Hall–Kier alpha value is -0.540. The van der Waals surface area contributed by atoms with Gasteiger partial charge in [0.2, 0.25) is 5.91 Å². The molecule has 3 nitrogen and oxygen atoms in total. The number of hydrogen-bond acceptors (Lipinski definition) is 1. The van der Waals surface area contributed by atoms with Crippen LogP contribution in [-0.4, -0.2) is 44.1 Å². The average molecular weight is 375 g/mol. The molecule has 0 aromatic carbocycles. The summed E-state index contributed by atoms with van der Waals surface area (Å²) >= 11 is 0. The first-order valence-corrected chi connectivity index (χ1v) is 10.1. The molecule has 1 N–H and O–H groups in total. The molecule has 0 bridgehead atoms. The van der Waals surface area contributed by atoms with E-state index in [1.165, 1.54) is 70.3 Å². The zero-order chi connectivity index (χ0) is 18.3. The smallest absolute Gasteiger partial charge is 0.243 e. The summed E-state index contributed by atoms with van der Waals surface area (Å²) < 4.78 is 0.943. The van der Waals surface area contributed by atoms with Gasteiger partial charge in [-0.25, -0.2) is 0 Å². The van der Waals surface area contributed by atoms with Crippen LogP contribution < -0.4 is 17.7 Å². The second-order valence-electron chi connectivity index (χ2n) is 8.18. The van der Waals surface area contributed by atoms with Crippen LogP contribution in [0, 0.1) is 0 Å². The number of carbonyl (C=O) groups is 1. The molecule has 1 amide bonds. The molecule has 0 rings (SSSR count). The van der Waals surface area contributed by atoms with E-state index in [0.29, 0.717) is 6.04 Å². The van der Waals surface area contributed by atoms with Gasteiger partial charge in [0.15, 0.2) is 0 Å². The number of quaternary nitrogens is 1. The van der Waals surface area contributed by atoms with E-state index in [2.05, 4.69) is 40.0 Å². The van der Waals surface area contributed by atoms with Gasteiger partial charge < -0.3 is 22.2 Å². The normalized spacial score (nSPS) is 12.3. The molecule has 150 valence electrons. The predicted octanol–water partition coefficient (Wildman–Crippen LogP) is 2.07. The van der Waals surface area contributed by atoms with Crippen LogP contribution in [0.1, 0.15) is 84.0 Å². The second-order valence-corrected chi connectivity index (χ2v) is 8.18. The lowest BCUT2D eigenvalue weighted by Gasteiger charge is -2.27. The fourth-order valence-corrected chi connectivity index (χ4v) is 2.97. The van der Waals surface area contributed by atoms with E-state index in [4.69, 9.17) is 0 Å². The van der Waals surface area contributed by atoms with Crippen LogP contribution in [-0.2, 0) is 4.79 Å². The van der Waals surface area contributed by atoms with Gasteiger partial charge in [-0.3, -0.25) is 4.79 Å². The number of carbonyl (C=O) groups excluding carboxylic acids is 1. The third-order valence-electron chi connectivity index (χ3n) is 4.59. The highest BCUT2D eigenvalue weighted by Crippen LogP contribution is 2.13. The molecular weight excluding hydrogens is 332 g/mol. The first-order chi connectivity index (χ1) is 11.4. The minimum Gasteiger partial charge on any atom is -1.00 e. The molecule has 0 saturated heterocycles. The first-order valence-electron chi connectivity index (χ1n) is 10.1. The Balaban J connectivity index is 0. The van der Waals surface area contributed by atoms with E-state index in [-0.39, 0.29) is 18.3 Å². The topological polar surface area (TPSA) is 29.1 Å². The molecule has 0 aliphatic carbocycles. The molecule has 4 heteroatoms. The monoisotopic (exact) mass is 374 g/mol. The van der Waals surface area contributed by atoms with E-state index in [1.807, 2.05) is 0 Å². The van der Waals surface area contributed by atoms with Crippen molar-refractivity contribution in [3.05, 3.63) is 12.7 Å². The van der Waals surface area contributed by atoms with E-state index in [1.54, 1.807) is 0 Å². The lowest BCUT2D eigenvalue weighted by molar-refractivity contribution is -0.870. The molecule has 0 spiro atoms. The van der Waals surface area contributed by atoms with Crippen molar-refractivity contribution >= 4 is 5.91 Å². The minimum atomic E-state index is -0.0338. The molecule has 0 heterocycles. The summed E-state index contributed by atoms with van der Waals surface area (Å²) in [5, 5.41) is 3.10. The van der Waals surface area contributed by atoms with E-state index >= 15 is 0 Å². The van der Waals surface area contributed by atoms with Crippen LogP contribution in [0.4, 0.5) is 0 Å². The highest BCUT2D eigenvalue weighted by Gasteiger charge is 2.15. The van der Waals surface area contributed by atoms with Crippen molar-refractivity contribution in [1.82, 2.24) is 5.32 Å². The number of unbranched alkanes of at least 4 members (excludes halogenated alkanes) is 9. The number of nitrogens with one attached hydrogen (secondary N) is 1. The highest BCUT2D eigenvalue weighted by molar-refractivity contribution is 5.87. The largest absolute Gasteiger partial charge is 1.00 e. The molecule has 1 atom stereocenters. The SMILES string of the molecule is C=CC(=O)NC(CCCCCCCCCCCC)CC[N+](C)(C)C.[Cl-]. The third-order valence-corrected chi connectivity index (χ3v) is 4.59. The summed E-state index contributed by atoms with van der Waals surface area (Å²) in [6, 6.07) is 0.293. The molecule has 0 fully saturated rings. The van der Waals surface area contributed by atoms with Gasteiger partial charge in [0.1, 0.15) is 0 Å². The average Bonchev–Trinajstić information content (AvgIpc) is 2.53. The van der Waals surface area contributed by atoms with Crippen LogP contribution in [0.5, 0.6) is 0 Å². The maximum Gasteiger partial charge on any atom is 0.243 e. The fraction of sp³-hybridized carbons (Fsp3) is 0.857. The Bertz CT molecular complexity index is 326. The van der Waals surface area contributed by atoms with Gasteiger partial charge in [0.05, 0.1) is 27.7 Å². The Morgan fingerprint density at radius 3 is 1.84 bits per heavy atom. The van der Waals surface area contributed by atoms with Crippen LogP contribution in [0.3, 0.4) is 0 Å². The first kappa shape index (κ1) is 26.7. The molecule has 0 aliphatic heterocycles. The molecule has 0 aromatic heterocycles. The van der Waals surface area contributed by atoms with Crippen LogP contribution >= 0.6 is 0 Å². The summed E-state index contributed by atoms with van der Waals surface area (Å²) in [4.78, 5) is 11.6.